The molecule has 0 aliphatic heterocycles. The number of methoxy groups -OCH3 is 1. The Morgan fingerprint density at radius 2 is 1.77 bits per heavy atom. The Morgan fingerprint density at radius 3 is 2.68 bits per heavy atom. The summed E-state index contributed by atoms with van der Waals surface area (Å²) in [7, 11) is 1.70. The van der Waals surface area contributed by atoms with E-state index >= 15 is 0 Å². The molecule has 1 aromatic heterocycles. The summed E-state index contributed by atoms with van der Waals surface area (Å²) in [5.74, 6) is 0.873. The molecule has 0 bridgehead atoms. The second-order valence-electron chi connectivity index (χ2n) is 5.20. The molecule has 0 aliphatic carbocycles. The van der Waals surface area contributed by atoms with Crippen molar-refractivity contribution in [2.45, 2.75) is 6.54 Å². The number of fused-ring (bicyclic) bond motifs is 2. The maximum Gasteiger partial charge on any atom is 0.124 e. The third kappa shape index (κ3) is 2.00. The molecule has 0 spiro atoms. The molecule has 0 amide bonds. The molecule has 0 unspecified atom stereocenters. The first kappa shape index (κ1) is 12.8. The normalized spacial score (nSPS) is 11.1. The second-order valence-corrected chi connectivity index (χ2v) is 5.20. The predicted octanol–water partition coefficient (Wildman–Crippen LogP) is 3.64. The van der Waals surface area contributed by atoms with E-state index in [0.717, 1.165) is 22.3 Å². The van der Waals surface area contributed by atoms with Gasteiger partial charge in [-0.15, -0.1) is 5.10 Å². The highest BCUT2D eigenvalue weighted by Gasteiger charge is 2.11. The van der Waals surface area contributed by atoms with Crippen molar-refractivity contribution < 1.29 is 4.74 Å². The molecule has 0 saturated carbocycles. The average Bonchev–Trinajstić information content (AvgIpc) is 2.98. The predicted molar refractivity (Wildman–Crippen MR) is 87.1 cm³/mol. The average molecular weight is 289 g/mol. The molecular weight excluding hydrogens is 274 g/mol. The maximum absolute atomic E-state index is 5.55. The van der Waals surface area contributed by atoms with Crippen LogP contribution in [0, 0.1) is 0 Å². The quantitative estimate of drug-likeness (QED) is 0.578. The van der Waals surface area contributed by atoms with Crippen LogP contribution in [0.3, 0.4) is 0 Å². The van der Waals surface area contributed by atoms with Gasteiger partial charge in [0, 0.05) is 5.56 Å². The van der Waals surface area contributed by atoms with Gasteiger partial charge in [-0.05, 0) is 29.0 Å². The Bertz CT molecular complexity index is 959. The van der Waals surface area contributed by atoms with E-state index < -0.39 is 0 Å². The highest BCUT2D eigenvalue weighted by Crippen LogP contribution is 2.29. The summed E-state index contributed by atoms with van der Waals surface area (Å²) in [6.07, 6.45) is 0. The number of nitrogens with zero attached hydrogens (tertiary/aromatic N) is 3. The van der Waals surface area contributed by atoms with Crippen LogP contribution in [-0.4, -0.2) is 22.1 Å². The Kier molecular flexibility index (Phi) is 3.00. The van der Waals surface area contributed by atoms with Gasteiger partial charge in [0.15, 0.2) is 0 Å². The molecule has 1 heterocycles. The van der Waals surface area contributed by atoms with Crippen LogP contribution >= 0.6 is 0 Å². The molecule has 3 aromatic carbocycles. The van der Waals surface area contributed by atoms with E-state index in [1.54, 1.807) is 7.11 Å². The standard InChI is InChI=1S/C18H15N3O/c1-22-18-11-10-13-6-2-3-7-14(13)15(18)12-21-17-9-5-4-8-16(17)19-20-21/h2-11H,12H2,1H3. The summed E-state index contributed by atoms with van der Waals surface area (Å²) in [5.41, 5.74) is 3.05. The van der Waals surface area contributed by atoms with Gasteiger partial charge in [0.1, 0.15) is 11.3 Å². The van der Waals surface area contributed by atoms with Crippen molar-refractivity contribution in [3.63, 3.8) is 0 Å². The molecule has 0 aliphatic rings. The minimum atomic E-state index is 0.630. The van der Waals surface area contributed by atoms with Crippen LogP contribution in [0.2, 0.25) is 0 Å². The lowest BCUT2D eigenvalue weighted by molar-refractivity contribution is 0.408. The van der Waals surface area contributed by atoms with Crippen molar-refractivity contribution in [1.82, 2.24) is 15.0 Å². The molecule has 4 rings (SSSR count). The van der Waals surface area contributed by atoms with Gasteiger partial charge in [-0.1, -0.05) is 47.7 Å². The van der Waals surface area contributed by atoms with Gasteiger partial charge in [-0.3, -0.25) is 0 Å². The monoisotopic (exact) mass is 289 g/mol. The lowest BCUT2D eigenvalue weighted by atomic mass is 10.0. The Balaban J connectivity index is 1.90. The fraction of sp³-hybridized carbons (Fsp3) is 0.111. The summed E-state index contributed by atoms with van der Waals surface area (Å²) >= 11 is 0. The maximum atomic E-state index is 5.55. The third-order valence-corrected chi connectivity index (χ3v) is 3.95. The first-order valence-corrected chi connectivity index (χ1v) is 7.19. The van der Waals surface area contributed by atoms with Crippen LogP contribution < -0.4 is 4.74 Å². The topological polar surface area (TPSA) is 39.9 Å². The Morgan fingerprint density at radius 1 is 0.955 bits per heavy atom. The van der Waals surface area contributed by atoms with Crippen LogP contribution in [0.1, 0.15) is 5.56 Å². The van der Waals surface area contributed by atoms with Crippen LogP contribution in [0.4, 0.5) is 0 Å². The molecule has 0 fully saturated rings. The van der Waals surface area contributed by atoms with E-state index in [1.165, 1.54) is 10.8 Å². The zero-order valence-electron chi connectivity index (χ0n) is 12.2. The lowest BCUT2D eigenvalue weighted by Crippen LogP contribution is -2.04. The van der Waals surface area contributed by atoms with Gasteiger partial charge >= 0.3 is 0 Å². The minimum absolute atomic E-state index is 0.630. The summed E-state index contributed by atoms with van der Waals surface area (Å²) in [5, 5.41) is 10.9. The van der Waals surface area contributed by atoms with Crippen molar-refractivity contribution in [2.75, 3.05) is 7.11 Å². The second kappa shape index (κ2) is 5.15. The number of benzene rings is 3. The van der Waals surface area contributed by atoms with Gasteiger partial charge < -0.3 is 4.74 Å². The van der Waals surface area contributed by atoms with Gasteiger partial charge in [-0.25, -0.2) is 4.68 Å². The molecule has 4 aromatic rings. The van der Waals surface area contributed by atoms with Gasteiger partial charge in [0.05, 0.1) is 19.2 Å². The van der Waals surface area contributed by atoms with E-state index in [1.807, 2.05) is 47.1 Å². The summed E-state index contributed by atoms with van der Waals surface area (Å²) < 4.78 is 7.47. The van der Waals surface area contributed by atoms with E-state index in [4.69, 9.17) is 4.74 Å². The Labute approximate surface area is 127 Å². The highest BCUT2D eigenvalue weighted by molar-refractivity contribution is 5.88. The largest absolute Gasteiger partial charge is 0.496 e. The van der Waals surface area contributed by atoms with Crippen LogP contribution in [0.15, 0.2) is 60.7 Å². The van der Waals surface area contributed by atoms with Crippen molar-refractivity contribution >= 4 is 21.8 Å². The van der Waals surface area contributed by atoms with Crippen molar-refractivity contribution in [2.24, 2.45) is 0 Å². The lowest BCUT2D eigenvalue weighted by Gasteiger charge is -2.12. The first-order valence-electron chi connectivity index (χ1n) is 7.19. The smallest absolute Gasteiger partial charge is 0.124 e. The summed E-state index contributed by atoms with van der Waals surface area (Å²) in [6, 6.07) is 20.4. The first-order chi connectivity index (χ1) is 10.9. The van der Waals surface area contributed by atoms with E-state index in [9.17, 15) is 0 Å². The van der Waals surface area contributed by atoms with Crippen molar-refractivity contribution in [3.05, 3.63) is 66.2 Å². The highest BCUT2D eigenvalue weighted by atomic mass is 16.5. The fourth-order valence-corrected chi connectivity index (χ4v) is 2.85. The minimum Gasteiger partial charge on any atom is -0.496 e. The van der Waals surface area contributed by atoms with Gasteiger partial charge in [-0.2, -0.15) is 0 Å². The molecule has 4 nitrogen and oxygen atoms in total. The zero-order chi connectivity index (χ0) is 14.9. The Hall–Kier alpha value is -2.88. The fourth-order valence-electron chi connectivity index (χ4n) is 2.85. The molecular formula is C18H15N3O. The van der Waals surface area contributed by atoms with Crippen LogP contribution in [0.25, 0.3) is 21.8 Å². The molecule has 0 atom stereocenters. The molecule has 108 valence electrons. The number of hydrogen-bond donors (Lipinski definition) is 0. The SMILES string of the molecule is COc1ccc2ccccc2c1Cn1nnc2ccccc21. The van der Waals surface area contributed by atoms with E-state index in [2.05, 4.69) is 28.5 Å². The molecule has 22 heavy (non-hydrogen) atoms. The van der Waals surface area contributed by atoms with Gasteiger partial charge in [0.2, 0.25) is 0 Å². The molecule has 0 radical (unpaired) electrons. The number of rotatable bonds is 3. The number of ether oxygens (including phenoxy) is 1. The van der Waals surface area contributed by atoms with Crippen molar-refractivity contribution in [1.29, 1.82) is 0 Å². The number of hydrogen-bond acceptors (Lipinski definition) is 3. The van der Waals surface area contributed by atoms with E-state index in [-0.39, 0.29) is 0 Å². The molecule has 4 heteroatoms. The summed E-state index contributed by atoms with van der Waals surface area (Å²) in [4.78, 5) is 0. The van der Waals surface area contributed by atoms with Crippen LogP contribution in [-0.2, 0) is 6.54 Å². The zero-order valence-corrected chi connectivity index (χ0v) is 12.2. The van der Waals surface area contributed by atoms with E-state index in [0.29, 0.717) is 6.54 Å². The van der Waals surface area contributed by atoms with Crippen molar-refractivity contribution in [3.8, 4) is 5.75 Å². The summed E-state index contributed by atoms with van der Waals surface area (Å²) in [6.45, 7) is 0.630. The molecule has 0 saturated heterocycles. The molecule has 0 N–H and O–H groups in total. The number of para-hydroxylation sites is 1. The van der Waals surface area contributed by atoms with Gasteiger partial charge in [0.25, 0.3) is 0 Å². The third-order valence-electron chi connectivity index (χ3n) is 3.95. The van der Waals surface area contributed by atoms with Crippen LogP contribution in [0.5, 0.6) is 5.75 Å². The number of aromatic nitrogens is 3.